The first kappa shape index (κ1) is 14.0. The summed E-state index contributed by atoms with van der Waals surface area (Å²) >= 11 is 0. The van der Waals surface area contributed by atoms with Crippen molar-refractivity contribution in [2.75, 3.05) is 20.1 Å². The Morgan fingerprint density at radius 1 is 1.41 bits per heavy atom. The zero-order valence-corrected chi connectivity index (χ0v) is 10.6. The molecule has 1 amide bonds. The second-order valence-corrected chi connectivity index (χ2v) is 4.98. The number of aliphatic carboxylic acids is 1. The molecule has 1 aliphatic rings. The topological polar surface area (TPSA) is 69.6 Å². The lowest BCUT2D eigenvalue weighted by Gasteiger charge is -2.20. The fraction of sp³-hybridized carbons (Fsp3) is 0.833. The molecule has 98 valence electrons. The number of hydrogen-bond acceptors (Lipinski definition) is 3. The largest absolute Gasteiger partial charge is 0.481 e. The van der Waals surface area contributed by atoms with Gasteiger partial charge in [-0.3, -0.25) is 14.5 Å². The molecule has 1 fully saturated rings. The van der Waals surface area contributed by atoms with E-state index < -0.39 is 11.9 Å². The van der Waals surface area contributed by atoms with Gasteiger partial charge in [-0.15, -0.1) is 0 Å². The lowest BCUT2D eigenvalue weighted by Crippen LogP contribution is -2.41. The first-order chi connectivity index (χ1) is 7.99. The van der Waals surface area contributed by atoms with Crippen molar-refractivity contribution in [3.63, 3.8) is 0 Å². The highest BCUT2D eigenvalue weighted by atomic mass is 16.4. The lowest BCUT2D eigenvalue weighted by molar-refractivity contribution is -0.142. The summed E-state index contributed by atoms with van der Waals surface area (Å²) in [5.41, 5.74) is 0. The van der Waals surface area contributed by atoms with Crippen molar-refractivity contribution >= 4 is 11.9 Å². The van der Waals surface area contributed by atoms with Crippen molar-refractivity contribution in [1.82, 2.24) is 10.2 Å². The maximum absolute atomic E-state index is 11.7. The van der Waals surface area contributed by atoms with E-state index in [9.17, 15) is 9.59 Å². The van der Waals surface area contributed by atoms with E-state index in [0.29, 0.717) is 12.6 Å². The van der Waals surface area contributed by atoms with Crippen molar-refractivity contribution in [1.29, 1.82) is 0 Å². The first-order valence-electron chi connectivity index (χ1n) is 6.19. The molecule has 0 bridgehead atoms. The van der Waals surface area contributed by atoms with Crippen LogP contribution < -0.4 is 5.32 Å². The molecule has 1 aliphatic carbocycles. The quantitative estimate of drug-likeness (QED) is 0.719. The Morgan fingerprint density at radius 2 is 2.00 bits per heavy atom. The van der Waals surface area contributed by atoms with Gasteiger partial charge >= 0.3 is 5.97 Å². The highest BCUT2D eigenvalue weighted by Crippen LogP contribution is 2.17. The lowest BCUT2D eigenvalue weighted by atomic mass is 10.2. The molecule has 0 heterocycles. The Balaban J connectivity index is 2.22. The van der Waals surface area contributed by atoms with Crippen LogP contribution in [-0.2, 0) is 9.59 Å². The number of amides is 1. The van der Waals surface area contributed by atoms with Crippen molar-refractivity contribution in [3.05, 3.63) is 0 Å². The minimum atomic E-state index is -0.826. The molecule has 17 heavy (non-hydrogen) atoms. The van der Waals surface area contributed by atoms with Crippen LogP contribution in [0.25, 0.3) is 0 Å². The molecule has 1 saturated carbocycles. The third-order valence-electron chi connectivity index (χ3n) is 3.14. The number of likely N-dealkylation sites (N-methyl/N-ethyl adjacent to an activating group) is 1. The fourth-order valence-electron chi connectivity index (χ4n) is 2.20. The Morgan fingerprint density at radius 3 is 2.53 bits per heavy atom. The normalized spacial score (nSPS) is 18.3. The van der Waals surface area contributed by atoms with Crippen LogP contribution in [0.15, 0.2) is 0 Å². The number of nitrogens with one attached hydrogen (secondary N) is 1. The van der Waals surface area contributed by atoms with Gasteiger partial charge in [0.2, 0.25) is 5.91 Å². The van der Waals surface area contributed by atoms with Gasteiger partial charge in [0.25, 0.3) is 0 Å². The number of hydrogen-bond donors (Lipinski definition) is 2. The molecule has 0 aromatic rings. The Bertz CT molecular complexity index is 275. The van der Waals surface area contributed by atoms with Crippen molar-refractivity contribution in [2.45, 2.75) is 38.6 Å². The molecule has 0 saturated heterocycles. The maximum Gasteiger partial charge on any atom is 0.307 e. The molecule has 5 heteroatoms. The summed E-state index contributed by atoms with van der Waals surface area (Å²) in [7, 11) is 1.77. The number of carbonyl (C=O) groups is 2. The molecule has 0 spiro atoms. The van der Waals surface area contributed by atoms with Gasteiger partial charge in [-0.05, 0) is 19.9 Å². The first-order valence-corrected chi connectivity index (χ1v) is 6.19. The fourth-order valence-corrected chi connectivity index (χ4v) is 2.20. The molecule has 0 aromatic carbocycles. The molecule has 1 rings (SSSR count). The Kier molecular flexibility index (Phi) is 5.41. The smallest absolute Gasteiger partial charge is 0.307 e. The predicted molar refractivity (Wildman–Crippen MR) is 64.7 cm³/mol. The van der Waals surface area contributed by atoms with Crippen molar-refractivity contribution in [3.8, 4) is 0 Å². The predicted octanol–water partition coefficient (Wildman–Crippen LogP) is 0.698. The van der Waals surface area contributed by atoms with Crippen LogP contribution in [0, 0.1) is 5.92 Å². The third kappa shape index (κ3) is 5.17. The highest BCUT2D eigenvalue weighted by Gasteiger charge is 2.19. The highest BCUT2D eigenvalue weighted by molar-refractivity contribution is 5.78. The van der Waals surface area contributed by atoms with Gasteiger partial charge in [-0.25, -0.2) is 0 Å². The third-order valence-corrected chi connectivity index (χ3v) is 3.14. The summed E-state index contributed by atoms with van der Waals surface area (Å²) in [5.74, 6) is -1.27. The van der Waals surface area contributed by atoms with E-state index in [2.05, 4.69) is 5.32 Å². The summed E-state index contributed by atoms with van der Waals surface area (Å²) in [4.78, 5) is 24.1. The summed E-state index contributed by atoms with van der Waals surface area (Å²) in [6, 6.07) is 0.327. The van der Waals surface area contributed by atoms with E-state index in [1.165, 1.54) is 12.8 Å². The van der Waals surface area contributed by atoms with Crippen LogP contribution >= 0.6 is 0 Å². The molecule has 5 nitrogen and oxygen atoms in total. The Hall–Kier alpha value is -1.10. The average molecular weight is 242 g/mol. The Labute approximate surface area is 102 Å². The second-order valence-electron chi connectivity index (χ2n) is 4.98. The maximum atomic E-state index is 11.7. The second kappa shape index (κ2) is 6.59. The van der Waals surface area contributed by atoms with Crippen LogP contribution in [0.1, 0.15) is 32.6 Å². The monoisotopic (exact) mass is 242 g/mol. The standard InChI is InChI=1S/C12H22N2O3/c1-9(12(16)17)7-14(2)8-11(15)13-10-5-3-4-6-10/h9-10H,3-8H2,1-2H3,(H,13,15)(H,16,17). The number of carboxylic acids is 1. The average Bonchev–Trinajstić information content (AvgIpc) is 2.69. The van der Waals surface area contributed by atoms with Gasteiger partial charge in [0.15, 0.2) is 0 Å². The summed E-state index contributed by atoms with van der Waals surface area (Å²) in [5, 5.41) is 11.8. The van der Waals surface area contributed by atoms with E-state index in [1.54, 1.807) is 18.9 Å². The molecule has 0 radical (unpaired) electrons. The van der Waals surface area contributed by atoms with Gasteiger partial charge in [0.1, 0.15) is 0 Å². The molecule has 0 aromatic heterocycles. The van der Waals surface area contributed by atoms with Gasteiger partial charge in [-0.2, -0.15) is 0 Å². The molecule has 0 aliphatic heterocycles. The van der Waals surface area contributed by atoms with Gasteiger partial charge in [-0.1, -0.05) is 19.8 Å². The number of nitrogens with zero attached hydrogens (tertiary/aromatic N) is 1. The van der Waals surface area contributed by atoms with Crippen LogP contribution in [0.5, 0.6) is 0 Å². The van der Waals surface area contributed by atoms with Gasteiger partial charge in [0.05, 0.1) is 12.5 Å². The summed E-state index contributed by atoms with van der Waals surface area (Å²) < 4.78 is 0. The van der Waals surface area contributed by atoms with E-state index >= 15 is 0 Å². The molecular weight excluding hydrogens is 220 g/mol. The van der Waals surface area contributed by atoms with Crippen LogP contribution in [-0.4, -0.2) is 48.1 Å². The minimum Gasteiger partial charge on any atom is -0.481 e. The van der Waals surface area contributed by atoms with Crippen LogP contribution in [0.3, 0.4) is 0 Å². The number of carboxylic acid groups (broad SMARTS) is 1. The van der Waals surface area contributed by atoms with Gasteiger partial charge in [0, 0.05) is 12.6 Å². The zero-order valence-electron chi connectivity index (χ0n) is 10.6. The van der Waals surface area contributed by atoms with Gasteiger partial charge < -0.3 is 10.4 Å². The van der Waals surface area contributed by atoms with Crippen LogP contribution in [0.2, 0.25) is 0 Å². The zero-order chi connectivity index (χ0) is 12.8. The van der Waals surface area contributed by atoms with E-state index in [0.717, 1.165) is 12.8 Å². The summed E-state index contributed by atoms with van der Waals surface area (Å²) in [6.45, 7) is 2.31. The molecule has 1 atom stereocenters. The molecule has 2 N–H and O–H groups in total. The van der Waals surface area contributed by atoms with Crippen molar-refractivity contribution < 1.29 is 14.7 Å². The van der Waals surface area contributed by atoms with E-state index in [1.807, 2.05) is 0 Å². The number of rotatable bonds is 6. The summed E-state index contributed by atoms with van der Waals surface area (Å²) in [6.07, 6.45) is 4.52. The van der Waals surface area contributed by atoms with Crippen LogP contribution in [0.4, 0.5) is 0 Å². The minimum absolute atomic E-state index is 0.00279. The van der Waals surface area contributed by atoms with E-state index in [4.69, 9.17) is 5.11 Å². The number of carbonyl (C=O) groups excluding carboxylic acids is 1. The SMILES string of the molecule is CC(CN(C)CC(=O)NC1CCCC1)C(=O)O. The van der Waals surface area contributed by atoms with E-state index in [-0.39, 0.29) is 12.5 Å². The molecular formula is C12H22N2O3. The molecule has 1 unspecified atom stereocenters. The van der Waals surface area contributed by atoms with Crippen molar-refractivity contribution in [2.24, 2.45) is 5.92 Å².